The molecule has 0 radical (unpaired) electrons. The number of ether oxygens (including phenoxy) is 2. The highest BCUT2D eigenvalue weighted by Gasteiger charge is 2.28. The third-order valence-corrected chi connectivity index (χ3v) is 8.58. The zero-order valence-electron chi connectivity index (χ0n) is 23.7. The number of hydrogen-bond donors (Lipinski definition) is 1. The molecule has 2 fully saturated rings. The summed E-state index contributed by atoms with van der Waals surface area (Å²) in [6.07, 6.45) is 2.15. The van der Waals surface area contributed by atoms with E-state index in [9.17, 15) is 9.18 Å². The summed E-state index contributed by atoms with van der Waals surface area (Å²) in [5.74, 6) is -0.158. The first-order valence-electron chi connectivity index (χ1n) is 14.1. The zero-order chi connectivity index (χ0) is 27.5. The summed E-state index contributed by atoms with van der Waals surface area (Å²) in [6.45, 7) is 13.0. The second-order valence-electron chi connectivity index (χ2n) is 10.9. The van der Waals surface area contributed by atoms with Crippen molar-refractivity contribution < 1.29 is 18.7 Å². The normalized spacial score (nSPS) is 17.2. The number of benzene rings is 2. The number of hydrogen-bond acceptors (Lipinski definition) is 5. The van der Waals surface area contributed by atoms with Crippen molar-refractivity contribution in [2.24, 2.45) is 0 Å². The van der Waals surface area contributed by atoms with Crippen molar-refractivity contribution >= 4 is 22.5 Å². The highest BCUT2D eigenvalue weighted by atomic mass is 19.1. The quantitative estimate of drug-likeness (QED) is 0.444. The fourth-order valence-electron chi connectivity index (χ4n) is 6.07. The molecule has 1 aromatic heterocycles. The molecule has 39 heavy (non-hydrogen) atoms. The topological polar surface area (TPSA) is 59.0 Å². The van der Waals surface area contributed by atoms with Crippen molar-refractivity contribution in [2.75, 3.05) is 58.4 Å². The molecule has 0 saturated carbocycles. The van der Waals surface area contributed by atoms with Crippen LogP contribution < -0.4 is 5.32 Å². The van der Waals surface area contributed by atoms with Gasteiger partial charge in [-0.05, 0) is 74.6 Å². The first kappa shape index (κ1) is 27.6. The molecule has 2 aliphatic heterocycles. The largest absolute Gasteiger partial charge is 0.383 e. The zero-order valence-corrected chi connectivity index (χ0v) is 23.7. The Balaban J connectivity index is 1.43. The number of aromatic nitrogens is 1. The van der Waals surface area contributed by atoms with Crippen molar-refractivity contribution in [3.05, 3.63) is 64.1 Å². The van der Waals surface area contributed by atoms with Crippen molar-refractivity contribution in [3.8, 4) is 0 Å². The molecule has 0 spiro atoms. The van der Waals surface area contributed by atoms with Crippen LogP contribution in [0, 0.1) is 26.6 Å². The number of piperazine rings is 1. The number of carbonyl (C=O) groups is 1. The van der Waals surface area contributed by atoms with Crippen LogP contribution in [0.1, 0.15) is 45.6 Å². The molecule has 1 N–H and O–H groups in total. The van der Waals surface area contributed by atoms with Gasteiger partial charge in [0.1, 0.15) is 5.82 Å². The average molecular weight is 537 g/mol. The summed E-state index contributed by atoms with van der Waals surface area (Å²) in [4.78, 5) is 18.3. The van der Waals surface area contributed by atoms with E-state index in [1.54, 1.807) is 13.2 Å². The molecule has 0 atom stereocenters. The van der Waals surface area contributed by atoms with Crippen molar-refractivity contribution in [1.82, 2.24) is 14.4 Å². The molecular weight excluding hydrogens is 495 g/mol. The van der Waals surface area contributed by atoms with E-state index in [1.807, 2.05) is 24.0 Å². The van der Waals surface area contributed by atoms with Gasteiger partial charge in [-0.2, -0.15) is 0 Å². The summed E-state index contributed by atoms with van der Waals surface area (Å²) in [6, 6.07) is 9.49. The molecular formula is C31H41FN4O3. The van der Waals surface area contributed by atoms with Gasteiger partial charge in [0.2, 0.25) is 0 Å². The summed E-state index contributed by atoms with van der Waals surface area (Å²) in [5.41, 5.74) is 6.94. The van der Waals surface area contributed by atoms with Crippen LogP contribution in [-0.2, 0) is 22.6 Å². The molecule has 0 bridgehead atoms. The molecule has 3 heterocycles. The lowest BCUT2D eigenvalue weighted by Crippen LogP contribution is -2.53. The predicted octanol–water partition coefficient (Wildman–Crippen LogP) is 4.90. The van der Waals surface area contributed by atoms with E-state index >= 15 is 0 Å². The Morgan fingerprint density at radius 3 is 2.51 bits per heavy atom. The number of anilines is 1. The smallest absolute Gasteiger partial charge is 0.254 e. The standard InChI is InChI=1S/C31H41FN4O3/c1-21-17-26(32)6-5-24(21)20-33-29-19-25(18-28-22(2)23(3)36(30(28)29)13-16-38-4)31(37)35-11-9-34(10-12-35)27-7-14-39-15-8-27/h5-6,17-19,27,33H,7-16,20H2,1-4H3. The van der Waals surface area contributed by atoms with Crippen LogP contribution in [0.25, 0.3) is 10.9 Å². The molecule has 0 unspecified atom stereocenters. The maximum absolute atomic E-state index is 13.8. The van der Waals surface area contributed by atoms with Crippen LogP contribution in [0.4, 0.5) is 10.1 Å². The second kappa shape index (κ2) is 12.1. The first-order chi connectivity index (χ1) is 18.9. The monoisotopic (exact) mass is 536 g/mol. The fraction of sp³-hybridized carbons (Fsp3) is 0.516. The number of nitrogens with one attached hydrogen (secondary N) is 1. The van der Waals surface area contributed by atoms with Gasteiger partial charge in [0, 0.05) is 82.3 Å². The molecule has 2 aliphatic rings. The van der Waals surface area contributed by atoms with Gasteiger partial charge in [0.15, 0.2) is 0 Å². The van der Waals surface area contributed by atoms with Gasteiger partial charge in [-0.1, -0.05) is 6.07 Å². The lowest BCUT2D eigenvalue weighted by Gasteiger charge is -2.40. The number of fused-ring (bicyclic) bond motifs is 1. The fourth-order valence-corrected chi connectivity index (χ4v) is 6.07. The van der Waals surface area contributed by atoms with E-state index in [0.717, 1.165) is 92.2 Å². The number of methoxy groups -OCH3 is 1. The van der Waals surface area contributed by atoms with E-state index < -0.39 is 0 Å². The molecule has 210 valence electrons. The van der Waals surface area contributed by atoms with Crippen LogP contribution in [0.5, 0.6) is 0 Å². The van der Waals surface area contributed by atoms with Gasteiger partial charge in [-0.25, -0.2) is 4.39 Å². The van der Waals surface area contributed by atoms with Crippen molar-refractivity contribution in [2.45, 2.75) is 52.7 Å². The highest BCUT2D eigenvalue weighted by molar-refractivity contribution is 6.04. The van der Waals surface area contributed by atoms with Gasteiger partial charge in [0.05, 0.1) is 17.8 Å². The van der Waals surface area contributed by atoms with Crippen LogP contribution in [0.3, 0.4) is 0 Å². The Morgan fingerprint density at radius 2 is 1.82 bits per heavy atom. The van der Waals surface area contributed by atoms with Crippen LogP contribution >= 0.6 is 0 Å². The Labute approximate surface area is 230 Å². The Hall–Kier alpha value is -2.94. The first-order valence-corrected chi connectivity index (χ1v) is 14.1. The van der Waals surface area contributed by atoms with Crippen LogP contribution in [-0.4, -0.2) is 79.4 Å². The van der Waals surface area contributed by atoms with E-state index in [1.165, 1.54) is 11.6 Å². The number of aryl methyl sites for hydroxylation is 2. The minimum Gasteiger partial charge on any atom is -0.383 e. The van der Waals surface area contributed by atoms with E-state index in [0.29, 0.717) is 24.8 Å². The summed E-state index contributed by atoms with van der Waals surface area (Å²) in [5, 5.41) is 4.67. The van der Waals surface area contributed by atoms with Gasteiger partial charge in [0.25, 0.3) is 5.91 Å². The molecule has 8 heteroatoms. The van der Waals surface area contributed by atoms with Gasteiger partial charge >= 0.3 is 0 Å². The SMILES string of the molecule is COCCn1c(C)c(C)c2cc(C(=O)N3CCN(C4CCOCC4)CC3)cc(NCc3ccc(F)cc3C)c21. The number of halogens is 1. The summed E-state index contributed by atoms with van der Waals surface area (Å²) < 4.78 is 26.9. The Bertz CT molecular complexity index is 1320. The number of amides is 1. The molecule has 2 saturated heterocycles. The maximum atomic E-state index is 13.8. The second-order valence-corrected chi connectivity index (χ2v) is 10.9. The molecule has 2 aromatic carbocycles. The lowest BCUT2D eigenvalue weighted by molar-refractivity contribution is 0.0137. The van der Waals surface area contributed by atoms with E-state index in [-0.39, 0.29) is 11.7 Å². The van der Waals surface area contributed by atoms with Crippen molar-refractivity contribution in [1.29, 1.82) is 0 Å². The predicted molar refractivity (Wildman–Crippen MR) is 153 cm³/mol. The van der Waals surface area contributed by atoms with Gasteiger partial charge in [-0.15, -0.1) is 0 Å². The van der Waals surface area contributed by atoms with Gasteiger partial charge in [-0.3, -0.25) is 9.69 Å². The van der Waals surface area contributed by atoms with Gasteiger partial charge < -0.3 is 24.3 Å². The Kier molecular flexibility index (Phi) is 8.54. The number of rotatable bonds is 8. The third kappa shape index (κ3) is 5.83. The van der Waals surface area contributed by atoms with E-state index in [4.69, 9.17) is 9.47 Å². The molecule has 0 aliphatic carbocycles. The van der Waals surface area contributed by atoms with E-state index in [2.05, 4.69) is 34.7 Å². The van der Waals surface area contributed by atoms with Crippen LogP contribution in [0.15, 0.2) is 30.3 Å². The maximum Gasteiger partial charge on any atom is 0.254 e. The molecule has 1 amide bonds. The number of carbonyl (C=O) groups excluding carboxylic acids is 1. The molecule has 7 nitrogen and oxygen atoms in total. The summed E-state index contributed by atoms with van der Waals surface area (Å²) in [7, 11) is 1.71. The molecule has 5 rings (SSSR count). The minimum atomic E-state index is -0.233. The third-order valence-electron chi connectivity index (χ3n) is 8.58. The van der Waals surface area contributed by atoms with Crippen molar-refractivity contribution in [3.63, 3.8) is 0 Å². The molecule has 3 aromatic rings. The lowest BCUT2D eigenvalue weighted by atomic mass is 10.0. The minimum absolute atomic E-state index is 0.0752. The highest BCUT2D eigenvalue weighted by Crippen LogP contribution is 2.34. The number of nitrogens with zero attached hydrogens (tertiary/aromatic N) is 3. The average Bonchev–Trinajstić information content (AvgIpc) is 3.20. The summed E-state index contributed by atoms with van der Waals surface area (Å²) >= 11 is 0. The Morgan fingerprint density at radius 1 is 1.08 bits per heavy atom. The van der Waals surface area contributed by atoms with Crippen LogP contribution in [0.2, 0.25) is 0 Å².